The fourth-order valence-corrected chi connectivity index (χ4v) is 6.18. The second-order valence-electron chi connectivity index (χ2n) is 8.75. The Kier molecular flexibility index (Phi) is 3.38. The lowest BCUT2D eigenvalue weighted by Gasteiger charge is -2.36. The zero-order valence-corrected chi connectivity index (χ0v) is 14.0. The van der Waals surface area contributed by atoms with E-state index in [-0.39, 0.29) is 40.7 Å². The van der Waals surface area contributed by atoms with Crippen molar-refractivity contribution in [3.63, 3.8) is 0 Å². The van der Waals surface area contributed by atoms with Gasteiger partial charge in [-0.2, -0.15) is 0 Å². The van der Waals surface area contributed by atoms with Gasteiger partial charge in [0.25, 0.3) is 5.09 Å². The highest BCUT2D eigenvalue weighted by molar-refractivity contribution is 6.05. The molecule has 0 heterocycles. The first-order chi connectivity index (χ1) is 11.3. The number of hydrogen-bond donors (Lipinski definition) is 0. The molecule has 0 aromatic rings. The second-order valence-corrected chi connectivity index (χ2v) is 8.75. The van der Waals surface area contributed by atoms with Gasteiger partial charge in [0.1, 0.15) is 17.7 Å². The monoisotopic (exact) mass is 333 g/mol. The summed E-state index contributed by atoms with van der Waals surface area (Å²) in [5.74, 6) is 0.140. The van der Waals surface area contributed by atoms with E-state index < -0.39 is 17.1 Å². The van der Waals surface area contributed by atoms with Crippen LogP contribution in [-0.2, 0) is 14.4 Å². The summed E-state index contributed by atoms with van der Waals surface area (Å²) in [5.41, 5.74) is -0.269. The standard InChI is InChI=1S/C18H23NO5/c1-18(2)7-12(20)17(13(21)8-18)16-11-6-14(24-19(22)23)15(16)10-5-3-4-9(10)11/h3,5,9-11,14-17H,4,6-8H2,1-2H3/t9-,10+,11+,14-,15+,16+/m1/s1. The van der Waals surface area contributed by atoms with Crippen molar-refractivity contribution >= 4 is 11.6 Å². The maximum absolute atomic E-state index is 12.8. The number of ketones is 2. The lowest BCUT2D eigenvalue weighted by atomic mass is 9.65. The number of fused-ring (bicyclic) bond motifs is 5. The maximum Gasteiger partial charge on any atom is 0.294 e. The Hall–Kier alpha value is -1.72. The Bertz CT molecular complexity index is 619. The molecule has 0 radical (unpaired) electrons. The Morgan fingerprint density at radius 2 is 1.83 bits per heavy atom. The van der Waals surface area contributed by atoms with Crippen LogP contribution in [0.15, 0.2) is 12.2 Å². The molecule has 4 aliphatic rings. The zero-order chi connectivity index (χ0) is 17.2. The summed E-state index contributed by atoms with van der Waals surface area (Å²) in [5, 5.41) is 10.1. The van der Waals surface area contributed by atoms with Gasteiger partial charge in [-0.1, -0.05) is 26.0 Å². The topological polar surface area (TPSA) is 86.5 Å². The van der Waals surface area contributed by atoms with Gasteiger partial charge in [0, 0.05) is 12.8 Å². The average Bonchev–Trinajstić information content (AvgIpc) is 3.06. The second kappa shape index (κ2) is 5.14. The van der Waals surface area contributed by atoms with Crippen LogP contribution in [0, 0.1) is 51.0 Å². The molecule has 0 aromatic carbocycles. The van der Waals surface area contributed by atoms with Crippen LogP contribution < -0.4 is 0 Å². The van der Waals surface area contributed by atoms with Gasteiger partial charge in [0.15, 0.2) is 0 Å². The summed E-state index contributed by atoms with van der Waals surface area (Å²) in [6, 6.07) is 0. The molecule has 4 aliphatic carbocycles. The highest BCUT2D eigenvalue weighted by Gasteiger charge is 2.64. The van der Waals surface area contributed by atoms with Gasteiger partial charge in [-0.3, -0.25) is 9.59 Å². The number of allylic oxidation sites excluding steroid dienone is 2. The van der Waals surface area contributed by atoms with Gasteiger partial charge in [-0.15, -0.1) is 10.1 Å². The highest BCUT2D eigenvalue weighted by Crippen LogP contribution is 2.63. The van der Waals surface area contributed by atoms with Crippen LogP contribution >= 0.6 is 0 Å². The summed E-state index contributed by atoms with van der Waals surface area (Å²) in [7, 11) is 0. The van der Waals surface area contributed by atoms with Crippen molar-refractivity contribution in [2.75, 3.05) is 0 Å². The first kappa shape index (κ1) is 15.8. The van der Waals surface area contributed by atoms with E-state index in [0.717, 1.165) is 6.42 Å². The van der Waals surface area contributed by atoms with Gasteiger partial charge in [0.05, 0.1) is 5.92 Å². The number of Topliss-reactive ketones (excluding diaryl/α,β-unsaturated/α-hetero) is 2. The molecule has 4 rings (SSSR count). The number of hydrogen-bond acceptors (Lipinski definition) is 5. The lowest BCUT2D eigenvalue weighted by molar-refractivity contribution is -0.770. The summed E-state index contributed by atoms with van der Waals surface area (Å²) < 4.78 is 0. The van der Waals surface area contributed by atoms with Crippen molar-refractivity contribution < 1.29 is 19.5 Å². The van der Waals surface area contributed by atoms with Gasteiger partial charge in [-0.05, 0) is 47.8 Å². The van der Waals surface area contributed by atoms with Crippen LogP contribution in [0.4, 0.5) is 0 Å². The molecule has 3 saturated carbocycles. The number of carbonyl (C=O) groups is 2. The van der Waals surface area contributed by atoms with Crippen molar-refractivity contribution in [2.45, 2.75) is 45.6 Å². The molecule has 2 bridgehead atoms. The number of carbonyl (C=O) groups excluding carboxylic acids is 2. The predicted octanol–water partition coefficient (Wildman–Crippen LogP) is 2.60. The van der Waals surface area contributed by atoms with Crippen LogP contribution in [0.3, 0.4) is 0 Å². The lowest BCUT2D eigenvalue weighted by Crippen LogP contribution is -2.43. The molecule has 0 aliphatic heterocycles. The molecular formula is C18H23NO5. The largest absolute Gasteiger partial charge is 0.310 e. The molecule has 0 N–H and O–H groups in total. The number of rotatable bonds is 3. The van der Waals surface area contributed by atoms with E-state index in [9.17, 15) is 19.7 Å². The minimum atomic E-state index is -0.719. The molecule has 24 heavy (non-hydrogen) atoms. The van der Waals surface area contributed by atoms with E-state index in [0.29, 0.717) is 25.2 Å². The van der Waals surface area contributed by atoms with Crippen molar-refractivity contribution in [3.05, 3.63) is 22.3 Å². The van der Waals surface area contributed by atoms with E-state index in [1.807, 2.05) is 13.8 Å². The minimum Gasteiger partial charge on any atom is -0.310 e. The Labute approximate surface area is 140 Å². The van der Waals surface area contributed by atoms with Gasteiger partial charge >= 0.3 is 0 Å². The average molecular weight is 333 g/mol. The number of nitrogens with zero attached hydrogens (tertiary/aromatic N) is 1. The third kappa shape index (κ3) is 2.22. The molecule has 0 amide bonds. The molecule has 0 unspecified atom stereocenters. The van der Waals surface area contributed by atoms with E-state index in [1.54, 1.807) is 0 Å². The van der Waals surface area contributed by atoms with Crippen molar-refractivity contribution in [1.29, 1.82) is 0 Å². The van der Waals surface area contributed by atoms with Crippen LogP contribution in [0.2, 0.25) is 0 Å². The molecule has 6 atom stereocenters. The minimum absolute atomic E-state index is 0.0296. The summed E-state index contributed by atoms with van der Waals surface area (Å²) >= 11 is 0. The first-order valence-electron chi connectivity index (χ1n) is 8.82. The smallest absolute Gasteiger partial charge is 0.294 e. The van der Waals surface area contributed by atoms with Crippen LogP contribution in [0.5, 0.6) is 0 Å². The first-order valence-corrected chi connectivity index (χ1v) is 8.82. The molecule has 130 valence electrons. The summed E-state index contributed by atoms with van der Waals surface area (Å²) in [4.78, 5) is 41.3. The zero-order valence-electron chi connectivity index (χ0n) is 14.0. The van der Waals surface area contributed by atoms with Crippen molar-refractivity contribution in [1.82, 2.24) is 0 Å². The van der Waals surface area contributed by atoms with E-state index >= 15 is 0 Å². The Balaban J connectivity index is 1.65. The quantitative estimate of drug-likeness (QED) is 0.343. The Morgan fingerprint density at radius 1 is 1.17 bits per heavy atom. The van der Waals surface area contributed by atoms with E-state index in [4.69, 9.17) is 4.84 Å². The molecule has 0 aromatic heterocycles. The fraction of sp³-hybridized carbons (Fsp3) is 0.778. The SMILES string of the molecule is CC1(C)CC(=O)C([C@H]2[C@H]3C[C@@H](O[N+](=O)[O-])[C@@H]2[C@H]2C=CC[C@H]23)C(=O)C1. The third-order valence-electron chi connectivity index (χ3n) is 6.73. The van der Waals surface area contributed by atoms with Crippen molar-refractivity contribution in [2.24, 2.45) is 40.9 Å². The van der Waals surface area contributed by atoms with Gasteiger partial charge in [0.2, 0.25) is 0 Å². The maximum atomic E-state index is 12.8. The molecule has 0 saturated heterocycles. The highest BCUT2D eigenvalue weighted by atomic mass is 17.0. The van der Waals surface area contributed by atoms with Crippen LogP contribution in [-0.4, -0.2) is 22.8 Å². The van der Waals surface area contributed by atoms with Gasteiger partial charge in [-0.25, -0.2) is 0 Å². The van der Waals surface area contributed by atoms with Gasteiger partial charge < -0.3 is 4.84 Å². The van der Waals surface area contributed by atoms with Crippen LogP contribution in [0.25, 0.3) is 0 Å². The van der Waals surface area contributed by atoms with E-state index in [2.05, 4.69) is 12.2 Å². The fourth-order valence-electron chi connectivity index (χ4n) is 6.18. The molecule has 3 fully saturated rings. The van der Waals surface area contributed by atoms with Crippen LogP contribution in [0.1, 0.15) is 39.5 Å². The Morgan fingerprint density at radius 3 is 2.46 bits per heavy atom. The van der Waals surface area contributed by atoms with Crippen molar-refractivity contribution in [3.8, 4) is 0 Å². The summed E-state index contributed by atoms with van der Waals surface area (Å²) in [6.45, 7) is 3.91. The molecule has 6 nitrogen and oxygen atoms in total. The molecule has 0 spiro atoms. The van der Waals surface area contributed by atoms with E-state index in [1.165, 1.54) is 0 Å². The molecular weight excluding hydrogens is 310 g/mol. The third-order valence-corrected chi connectivity index (χ3v) is 6.73. The normalized spacial score (nSPS) is 43.2. The predicted molar refractivity (Wildman–Crippen MR) is 84.2 cm³/mol. The summed E-state index contributed by atoms with van der Waals surface area (Å²) in [6.07, 6.45) is 6.17. The molecule has 6 heteroatoms.